The van der Waals surface area contributed by atoms with E-state index in [1.54, 1.807) is 24.3 Å². The summed E-state index contributed by atoms with van der Waals surface area (Å²) in [5.41, 5.74) is 4.13. The second-order valence-corrected chi connectivity index (χ2v) is 21.0. The van der Waals surface area contributed by atoms with Gasteiger partial charge in [0.05, 0.1) is 16.4 Å². The molecular weight excluding hydrogens is 877 g/mol. The zero-order valence-electron chi connectivity index (χ0n) is 40.2. The first-order valence-electron chi connectivity index (χ1n) is 22.4. The van der Waals surface area contributed by atoms with Crippen LogP contribution in [0.5, 0.6) is 0 Å². The quantitative estimate of drug-likeness (QED) is 0.100. The second-order valence-electron chi connectivity index (χ2n) is 15.9. The van der Waals surface area contributed by atoms with Crippen LogP contribution in [0.2, 0.25) is 19.6 Å². The SMILES string of the molecule is [2H]c1cc(-c2[c-]cccc2)ncc1[Si](C)(C)C.[2H]c1cc(C(C)(C)C)cc(C([2H])([2H])[2H])c1-c1cc(-c2[c-]ccc3c2oc2c3ccc3ccc4ccccc4c32)ncc1C([2H])([2H])[2H].[Ir]. The van der Waals surface area contributed by atoms with Gasteiger partial charge in [-0.05, 0) is 79.7 Å². The number of pyridine rings is 2. The normalized spacial score (nSPS) is 14.3. The maximum absolute atomic E-state index is 8.99. The van der Waals surface area contributed by atoms with Gasteiger partial charge in [-0.3, -0.25) is 0 Å². The first-order valence-corrected chi connectivity index (χ1v) is 21.9. The molecule has 0 saturated heterocycles. The van der Waals surface area contributed by atoms with Crippen molar-refractivity contribution in [1.29, 1.82) is 0 Å². The summed E-state index contributed by atoms with van der Waals surface area (Å²) >= 11 is 0. The van der Waals surface area contributed by atoms with Crippen LogP contribution in [0.25, 0.3) is 77.1 Å². The average Bonchev–Trinajstić information content (AvgIpc) is 3.61. The summed E-state index contributed by atoms with van der Waals surface area (Å²) in [6.07, 6.45) is 3.13. The Bertz CT molecular complexity index is 3200. The Labute approximate surface area is 356 Å². The summed E-state index contributed by atoms with van der Waals surface area (Å²) in [4.78, 5) is 9.02. The van der Waals surface area contributed by atoms with E-state index in [2.05, 4.69) is 72.1 Å². The van der Waals surface area contributed by atoms with E-state index in [0.717, 1.165) is 54.3 Å². The van der Waals surface area contributed by atoms with E-state index in [9.17, 15) is 0 Å². The Balaban J connectivity index is 0.000000286. The minimum absolute atomic E-state index is 0. The largest absolute Gasteiger partial charge is 0.500 e. The Morgan fingerprint density at radius 2 is 1.41 bits per heavy atom. The monoisotopic (exact) mass is 931 g/mol. The molecule has 6 aromatic carbocycles. The average molecular weight is 931 g/mol. The topological polar surface area (TPSA) is 38.9 Å². The number of nitrogens with zero attached hydrogens (tertiary/aromatic N) is 2. The van der Waals surface area contributed by atoms with Crippen LogP contribution in [0.1, 0.15) is 48.4 Å². The minimum atomic E-state index is -2.61. The molecule has 0 spiro atoms. The van der Waals surface area contributed by atoms with Gasteiger partial charge in [0.15, 0.2) is 0 Å². The van der Waals surface area contributed by atoms with Crippen molar-refractivity contribution in [3.05, 3.63) is 162 Å². The summed E-state index contributed by atoms with van der Waals surface area (Å²) in [5, 5.41) is 7.06. The number of benzene rings is 6. The molecule has 0 bridgehead atoms. The summed E-state index contributed by atoms with van der Waals surface area (Å²) in [7, 11) is -1.46. The number of hydrogen-bond donors (Lipinski definition) is 0. The molecule has 0 atom stereocenters. The van der Waals surface area contributed by atoms with Crippen molar-refractivity contribution in [3.63, 3.8) is 0 Å². The molecule has 3 nitrogen and oxygen atoms in total. The Morgan fingerprint density at radius 1 is 0.661 bits per heavy atom. The molecule has 9 aromatic rings. The van der Waals surface area contributed by atoms with Crippen LogP contribution in [0, 0.1) is 25.8 Å². The van der Waals surface area contributed by atoms with Crippen LogP contribution < -0.4 is 5.19 Å². The molecule has 5 heteroatoms. The van der Waals surface area contributed by atoms with Crippen molar-refractivity contribution in [2.75, 3.05) is 0 Å². The van der Waals surface area contributed by atoms with E-state index < -0.39 is 27.2 Å². The summed E-state index contributed by atoms with van der Waals surface area (Å²) in [6, 6.07) is 41.4. The third kappa shape index (κ3) is 7.52. The summed E-state index contributed by atoms with van der Waals surface area (Å²) < 4.78 is 73.7. The fourth-order valence-electron chi connectivity index (χ4n) is 6.89. The van der Waals surface area contributed by atoms with Gasteiger partial charge in [-0.15, -0.1) is 54.1 Å². The van der Waals surface area contributed by atoms with E-state index in [1.165, 1.54) is 6.20 Å². The Morgan fingerprint density at radius 3 is 2.16 bits per heavy atom. The smallest absolute Gasteiger partial charge is 0.129 e. The molecule has 9 rings (SSSR count). The summed E-state index contributed by atoms with van der Waals surface area (Å²) in [6.45, 7) is 7.31. The van der Waals surface area contributed by atoms with E-state index in [0.29, 0.717) is 28.4 Å². The van der Waals surface area contributed by atoms with Crippen molar-refractivity contribution in [1.82, 2.24) is 9.97 Å². The zero-order chi connectivity index (χ0) is 45.2. The van der Waals surface area contributed by atoms with E-state index in [1.807, 2.05) is 81.6 Å². The standard InChI is InChI=1S/C37H30NO.C14H16NSi.Ir/c1-22-19-26(37(3,4)5)16-18-27(22)32-20-33(38-21-23(32)2)31-12-8-11-29-30-17-15-25-14-13-24-9-6-7-10-28(24)34(25)36(30)39-35(29)31;1-16(2,3)13-9-10-14(15-11-13)12-7-5-4-6-8-12;/h6-11,13-21H,1-5H3;4-7,9-11H,1-3H3;/q2*-1;/i1D3,2D3,18D;9D;. The molecule has 0 amide bonds. The first-order chi connectivity index (χ1) is 29.6. The number of hydrogen-bond acceptors (Lipinski definition) is 3. The summed E-state index contributed by atoms with van der Waals surface area (Å²) in [5.74, 6) is 0. The maximum Gasteiger partial charge on any atom is 0.129 e. The van der Waals surface area contributed by atoms with Crippen LogP contribution in [-0.2, 0) is 25.5 Å². The fraction of sp³-hybridized carbons (Fsp3) is 0.176. The number of furan rings is 1. The van der Waals surface area contributed by atoms with Crippen molar-refractivity contribution < 1.29 is 35.5 Å². The van der Waals surface area contributed by atoms with E-state index in [4.69, 9.17) is 15.4 Å². The fourth-order valence-corrected chi connectivity index (χ4v) is 7.85. The van der Waals surface area contributed by atoms with Crippen LogP contribution in [0.15, 0.2) is 138 Å². The number of fused-ring (bicyclic) bond motifs is 7. The van der Waals surface area contributed by atoms with Gasteiger partial charge in [-0.1, -0.05) is 136 Å². The molecular formula is C51H46IrN2OSi-2. The molecule has 1 radical (unpaired) electrons. The van der Waals surface area contributed by atoms with Crippen LogP contribution in [0.4, 0.5) is 0 Å². The molecule has 3 aromatic heterocycles. The molecule has 0 N–H and O–H groups in total. The predicted molar refractivity (Wildman–Crippen MR) is 236 cm³/mol. The Kier molecular flexibility index (Phi) is 8.25. The van der Waals surface area contributed by atoms with Gasteiger partial charge in [0.25, 0.3) is 0 Å². The number of aryl methyl sites for hydroxylation is 2. The van der Waals surface area contributed by atoms with Gasteiger partial charge in [0, 0.05) is 51.5 Å². The molecule has 0 aliphatic heterocycles. The second kappa shape index (κ2) is 15.4. The zero-order valence-corrected chi connectivity index (χ0v) is 35.6. The maximum atomic E-state index is 8.99. The Hall–Kier alpha value is -5.19. The van der Waals surface area contributed by atoms with Crippen molar-refractivity contribution in [2.24, 2.45) is 0 Å². The third-order valence-corrected chi connectivity index (χ3v) is 11.9. The molecule has 0 saturated carbocycles. The van der Waals surface area contributed by atoms with Crippen LogP contribution >= 0.6 is 0 Å². The molecule has 3 heterocycles. The van der Waals surface area contributed by atoms with Crippen molar-refractivity contribution >= 4 is 56.7 Å². The van der Waals surface area contributed by atoms with Crippen LogP contribution in [0.3, 0.4) is 0 Å². The number of aromatic nitrogens is 2. The third-order valence-electron chi connectivity index (χ3n) is 10.0. The molecule has 0 aliphatic carbocycles. The van der Waals surface area contributed by atoms with Gasteiger partial charge in [0.1, 0.15) is 5.58 Å². The van der Waals surface area contributed by atoms with Crippen molar-refractivity contribution in [3.8, 4) is 33.6 Å². The van der Waals surface area contributed by atoms with Gasteiger partial charge < -0.3 is 14.4 Å². The minimum Gasteiger partial charge on any atom is -0.500 e. The molecule has 0 unspecified atom stereocenters. The van der Waals surface area contributed by atoms with E-state index in [-0.39, 0.29) is 48.4 Å². The van der Waals surface area contributed by atoms with Gasteiger partial charge in [-0.25, -0.2) is 0 Å². The van der Waals surface area contributed by atoms with E-state index >= 15 is 0 Å². The molecule has 281 valence electrons. The number of rotatable bonds is 4. The van der Waals surface area contributed by atoms with Gasteiger partial charge in [0.2, 0.25) is 0 Å². The van der Waals surface area contributed by atoms with Gasteiger partial charge >= 0.3 is 0 Å². The van der Waals surface area contributed by atoms with Gasteiger partial charge in [-0.2, -0.15) is 0 Å². The van der Waals surface area contributed by atoms with Crippen molar-refractivity contribution in [2.45, 2.75) is 59.5 Å². The molecule has 56 heavy (non-hydrogen) atoms. The molecule has 0 aliphatic rings. The van der Waals surface area contributed by atoms with Crippen LogP contribution in [-0.4, -0.2) is 18.0 Å². The molecule has 0 fully saturated rings. The predicted octanol–water partition coefficient (Wildman–Crippen LogP) is 13.4. The first kappa shape index (κ1) is 30.0.